The van der Waals surface area contributed by atoms with E-state index in [1.807, 2.05) is 6.92 Å². The van der Waals surface area contributed by atoms with Crippen molar-refractivity contribution in [2.75, 3.05) is 18.8 Å². The first-order chi connectivity index (χ1) is 9.88. The predicted molar refractivity (Wildman–Crippen MR) is 81.4 cm³/mol. The molecular formula is C15H19ClN2O3. The number of likely N-dealkylation sites (tertiary alicyclic amines) is 1. The lowest BCUT2D eigenvalue weighted by atomic mass is 9.76. The summed E-state index contributed by atoms with van der Waals surface area (Å²) in [7, 11) is 0. The van der Waals surface area contributed by atoms with Crippen molar-refractivity contribution in [1.29, 1.82) is 0 Å². The Labute approximate surface area is 128 Å². The molecule has 0 radical (unpaired) electrons. The largest absolute Gasteiger partial charge is 0.481 e. The van der Waals surface area contributed by atoms with Crippen LogP contribution in [0.2, 0.25) is 5.02 Å². The Morgan fingerprint density at radius 3 is 2.43 bits per heavy atom. The first-order valence-corrected chi connectivity index (χ1v) is 7.34. The Morgan fingerprint density at radius 2 is 1.95 bits per heavy atom. The van der Waals surface area contributed by atoms with Crippen LogP contribution in [-0.4, -0.2) is 35.0 Å². The fourth-order valence-electron chi connectivity index (χ4n) is 2.77. The molecule has 0 bridgehead atoms. The number of nitrogens with two attached hydrogens (primary N) is 1. The normalized spacial score (nSPS) is 17.5. The number of rotatable bonds is 3. The molecule has 0 atom stereocenters. The van der Waals surface area contributed by atoms with Crippen molar-refractivity contribution in [3.05, 3.63) is 28.8 Å². The molecule has 1 fully saturated rings. The van der Waals surface area contributed by atoms with Crippen LogP contribution in [0.4, 0.5) is 5.69 Å². The molecule has 0 saturated carbocycles. The Morgan fingerprint density at radius 1 is 1.33 bits per heavy atom. The van der Waals surface area contributed by atoms with Crippen LogP contribution >= 0.6 is 11.6 Å². The zero-order valence-electron chi connectivity index (χ0n) is 11.9. The standard InChI is InChI=1S/C15H19ClN2O3/c1-2-15(14(20)21)3-5-18(6-4-15)13(19)10-7-11(16)9-12(17)8-10/h7-9H,2-6,17H2,1H3,(H,20,21). The number of hydrogen-bond donors (Lipinski definition) is 2. The lowest BCUT2D eigenvalue weighted by molar-refractivity contribution is -0.152. The summed E-state index contributed by atoms with van der Waals surface area (Å²) in [6.07, 6.45) is 1.52. The van der Waals surface area contributed by atoms with Gasteiger partial charge >= 0.3 is 5.97 Å². The third kappa shape index (κ3) is 3.13. The number of piperidine rings is 1. The molecule has 114 valence electrons. The maximum absolute atomic E-state index is 12.4. The maximum Gasteiger partial charge on any atom is 0.309 e. The van der Waals surface area contributed by atoms with E-state index in [-0.39, 0.29) is 5.91 Å². The van der Waals surface area contributed by atoms with Gasteiger partial charge in [-0.15, -0.1) is 0 Å². The molecule has 1 aromatic rings. The quantitative estimate of drug-likeness (QED) is 0.841. The second-order valence-corrected chi connectivity index (χ2v) is 5.94. The van der Waals surface area contributed by atoms with Gasteiger partial charge in [-0.1, -0.05) is 18.5 Å². The first kappa shape index (κ1) is 15.6. The fraction of sp³-hybridized carbons (Fsp3) is 0.467. The van der Waals surface area contributed by atoms with E-state index in [1.54, 1.807) is 23.1 Å². The number of nitrogen functional groups attached to an aromatic ring is 1. The average Bonchev–Trinajstić information content (AvgIpc) is 2.45. The summed E-state index contributed by atoms with van der Waals surface area (Å²) < 4.78 is 0. The number of carbonyl (C=O) groups excluding carboxylic acids is 1. The highest BCUT2D eigenvalue weighted by atomic mass is 35.5. The molecule has 6 heteroatoms. The molecule has 0 aliphatic carbocycles. The topological polar surface area (TPSA) is 83.6 Å². The minimum absolute atomic E-state index is 0.153. The summed E-state index contributed by atoms with van der Waals surface area (Å²) in [5.74, 6) is -0.927. The summed E-state index contributed by atoms with van der Waals surface area (Å²) in [4.78, 5) is 25.5. The van der Waals surface area contributed by atoms with Gasteiger partial charge in [-0.3, -0.25) is 9.59 Å². The Balaban J connectivity index is 2.11. The van der Waals surface area contributed by atoms with Crippen LogP contribution in [-0.2, 0) is 4.79 Å². The van der Waals surface area contributed by atoms with Crippen molar-refractivity contribution >= 4 is 29.2 Å². The minimum Gasteiger partial charge on any atom is -0.481 e. The molecule has 1 amide bonds. The molecule has 5 nitrogen and oxygen atoms in total. The van der Waals surface area contributed by atoms with Gasteiger partial charge in [0.25, 0.3) is 5.91 Å². The summed E-state index contributed by atoms with van der Waals surface area (Å²) in [5.41, 5.74) is 5.88. The molecule has 2 rings (SSSR count). The molecule has 1 aliphatic rings. The van der Waals surface area contributed by atoms with E-state index >= 15 is 0 Å². The number of halogens is 1. The average molecular weight is 311 g/mol. The lowest BCUT2D eigenvalue weighted by Gasteiger charge is -2.38. The molecule has 1 aliphatic heterocycles. The summed E-state index contributed by atoms with van der Waals surface area (Å²) in [6, 6.07) is 4.76. The molecule has 0 unspecified atom stereocenters. The SMILES string of the molecule is CCC1(C(=O)O)CCN(C(=O)c2cc(N)cc(Cl)c2)CC1. The number of carbonyl (C=O) groups is 2. The molecular weight excluding hydrogens is 292 g/mol. The highest BCUT2D eigenvalue weighted by Crippen LogP contribution is 2.35. The van der Waals surface area contributed by atoms with Crippen molar-refractivity contribution in [3.63, 3.8) is 0 Å². The van der Waals surface area contributed by atoms with E-state index in [1.165, 1.54) is 0 Å². The second kappa shape index (κ2) is 5.93. The number of carboxylic acid groups (broad SMARTS) is 1. The molecule has 0 aromatic heterocycles. The molecule has 21 heavy (non-hydrogen) atoms. The van der Waals surface area contributed by atoms with Crippen LogP contribution in [0, 0.1) is 5.41 Å². The molecule has 1 saturated heterocycles. The second-order valence-electron chi connectivity index (χ2n) is 5.50. The number of amides is 1. The Kier molecular flexibility index (Phi) is 4.42. The number of anilines is 1. The lowest BCUT2D eigenvalue weighted by Crippen LogP contribution is -2.46. The van der Waals surface area contributed by atoms with Crippen LogP contribution < -0.4 is 5.73 Å². The minimum atomic E-state index is -0.774. The third-order valence-corrected chi connectivity index (χ3v) is 4.52. The summed E-state index contributed by atoms with van der Waals surface area (Å²) in [5, 5.41) is 9.79. The van der Waals surface area contributed by atoms with E-state index < -0.39 is 11.4 Å². The van der Waals surface area contributed by atoms with Gasteiger partial charge in [0.1, 0.15) is 0 Å². The van der Waals surface area contributed by atoms with Crippen LogP contribution in [0.15, 0.2) is 18.2 Å². The Bertz CT molecular complexity index is 546. The van der Waals surface area contributed by atoms with Crippen molar-refractivity contribution in [3.8, 4) is 0 Å². The molecule has 3 N–H and O–H groups in total. The smallest absolute Gasteiger partial charge is 0.309 e. The molecule has 0 spiro atoms. The van der Waals surface area contributed by atoms with Crippen molar-refractivity contribution in [2.24, 2.45) is 5.41 Å². The van der Waals surface area contributed by atoms with Gasteiger partial charge in [-0.25, -0.2) is 0 Å². The van der Waals surface area contributed by atoms with Crippen LogP contribution in [0.5, 0.6) is 0 Å². The maximum atomic E-state index is 12.4. The van der Waals surface area contributed by atoms with E-state index in [4.69, 9.17) is 17.3 Å². The van der Waals surface area contributed by atoms with E-state index in [0.717, 1.165) is 0 Å². The van der Waals surface area contributed by atoms with Crippen LogP contribution in [0.3, 0.4) is 0 Å². The van der Waals surface area contributed by atoms with Gasteiger partial charge in [-0.05, 0) is 37.5 Å². The van der Waals surface area contributed by atoms with Crippen LogP contribution in [0.25, 0.3) is 0 Å². The zero-order valence-corrected chi connectivity index (χ0v) is 12.7. The zero-order chi connectivity index (χ0) is 15.6. The predicted octanol–water partition coefficient (Wildman–Crippen LogP) is 2.64. The Hall–Kier alpha value is -1.75. The highest BCUT2D eigenvalue weighted by molar-refractivity contribution is 6.31. The highest BCUT2D eigenvalue weighted by Gasteiger charge is 2.40. The van der Waals surface area contributed by atoms with Crippen molar-refractivity contribution < 1.29 is 14.7 Å². The van der Waals surface area contributed by atoms with Gasteiger partial charge < -0.3 is 15.7 Å². The monoisotopic (exact) mass is 310 g/mol. The molecule has 1 aromatic carbocycles. The van der Waals surface area contributed by atoms with E-state index in [0.29, 0.717) is 48.6 Å². The number of hydrogen-bond acceptors (Lipinski definition) is 3. The number of nitrogens with zero attached hydrogens (tertiary/aromatic N) is 1. The van der Waals surface area contributed by atoms with Crippen molar-refractivity contribution in [1.82, 2.24) is 4.90 Å². The third-order valence-electron chi connectivity index (χ3n) is 4.31. The van der Waals surface area contributed by atoms with Gasteiger partial charge in [0.15, 0.2) is 0 Å². The van der Waals surface area contributed by atoms with Gasteiger partial charge in [-0.2, -0.15) is 0 Å². The fourth-order valence-corrected chi connectivity index (χ4v) is 3.02. The number of aliphatic carboxylic acids is 1. The van der Waals surface area contributed by atoms with Crippen LogP contribution in [0.1, 0.15) is 36.5 Å². The van der Waals surface area contributed by atoms with E-state index in [9.17, 15) is 14.7 Å². The van der Waals surface area contributed by atoms with Gasteiger partial charge in [0, 0.05) is 29.4 Å². The first-order valence-electron chi connectivity index (χ1n) is 6.97. The van der Waals surface area contributed by atoms with E-state index in [2.05, 4.69) is 0 Å². The number of benzene rings is 1. The summed E-state index contributed by atoms with van der Waals surface area (Å²) in [6.45, 7) is 2.75. The van der Waals surface area contributed by atoms with Gasteiger partial charge in [0.2, 0.25) is 0 Å². The van der Waals surface area contributed by atoms with Gasteiger partial charge in [0.05, 0.1) is 5.41 Å². The summed E-state index contributed by atoms with van der Waals surface area (Å²) >= 11 is 5.91. The number of carboxylic acids is 1. The molecule has 1 heterocycles. The van der Waals surface area contributed by atoms with Crippen molar-refractivity contribution in [2.45, 2.75) is 26.2 Å².